The maximum atomic E-state index is 9.39. The third-order valence-electron chi connectivity index (χ3n) is 3.06. The molecular weight excluding hydrogens is 238 g/mol. The number of hydrogen-bond acceptors (Lipinski definition) is 3. The van der Waals surface area contributed by atoms with E-state index >= 15 is 0 Å². The smallest absolute Gasteiger partial charge is 0.136 e. The second kappa shape index (κ2) is 4.86. The molecule has 0 saturated carbocycles. The van der Waals surface area contributed by atoms with Gasteiger partial charge in [-0.3, -0.25) is 4.98 Å². The summed E-state index contributed by atoms with van der Waals surface area (Å²) in [7, 11) is 0. The molecule has 2 aromatic heterocycles. The quantitative estimate of drug-likeness (QED) is 0.778. The maximum absolute atomic E-state index is 9.39. The van der Waals surface area contributed by atoms with Crippen molar-refractivity contribution >= 4 is 10.9 Å². The Labute approximate surface area is 111 Å². The standard InChI is InChI=1S/C16H15NO2/c1-11(18)10-13-7-8-15(19-13)14-6-2-4-12-5-3-9-17-16(12)14/h2-9,11,18H,10H2,1H3. The Balaban J connectivity index is 2.06. The Bertz CT molecular complexity index is 695. The van der Waals surface area contributed by atoms with E-state index < -0.39 is 6.10 Å². The van der Waals surface area contributed by atoms with Crippen LogP contribution in [0.4, 0.5) is 0 Å². The van der Waals surface area contributed by atoms with Crippen molar-refractivity contribution in [1.29, 1.82) is 0 Å². The summed E-state index contributed by atoms with van der Waals surface area (Å²) in [6.45, 7) is 1.75. The van der Waals surface area contributed by atoms with Crippen molar-refractivity contribution in [3.63, 3.8) is 0 Å². The molecule has 0 amide bonds. The lowest BCUT2D eigenvalue weighted by molar-refractivity contribution is 0.187. The first kappa shape index (κ1) is 11.9. The van der Waals surface area contributed by atoms with Gasteiger partial charge in [-0.25, -0.2) is 0 Å². The van der Waals surface area contributed by atoms with Gasteiger partial charge in [0.2, 0.25) is 0 Å². The van der Waals surface area contributed by atoms with Gasteiger partial charge >= 0.3 is 0 Å². The van der Waals surface area contributed by atoms with Crippen LogP contribution in [0.15, 0.2) is 53.1 Å². The minimum atomic E-state index is -0.398. The topological polar surface area (TPSA) is 46.3 Å². The lowest BCUT2D eigenvalue weighted by Gasteiger charge is -2.03. The molecular formula is C16H15NO2. The molecule has 3 aromatic rings. The van der Waals surface area contributed by atoms with Gasteiger partial charge in [0.1, 0.15) is 11.5 Å². The molecule has 19 heavy (non-hydrogen) atoms. The molecule has 0 fully saturated rings. The van der Waals surface area contributed by atoms with E-state index in [2.05, 4.69) is 4.98 Å². The SMILES string of the molecule is CC(O)Cc1ccc(-c2cccc3cccnc23)o1. The summed E-state index contributed by atoms with van der Waals surface area (Å²) in [5.41, 5.74) is 1.91. The van der Waals surface area contributed by atoms with Crippen LogP contribution in [-0.2, 0) is 6.42 Å². The van der Waals surface area contributed by atoms with E-state index in [0.717, 1.165) is 28.0 Å². The first-order valence-electron chi connectivity index (χ1n) is 6.35. The fourth-order valence-electron chi connectivity index (χ4n) is 2.23. The average Bonchev–Trinajstić information content (AvgIpc) is 2.85. The van der Waals surface area contributed by atoms with Gasteiger partial charge in [0.15, 0.2) is 0 Å². The van der Waals surface area contributed by atoms with Crippen LogP contribution >= 0.6 is 0 Å². The van der Waals surface area contributed by atoms with Crippen molar-refractivity contribution in [2.75, 3.05) is 0 Å². The molecule has 96 valence electrons. The van der Waals surface area contributed by atoms with Crippen LogP contribution in [0, 0.1) is 0 Å². The zero-order valence-electron chi connectivity index (χ0n) is 10.7. The third-order valence-corrected chi connectivity index (χ3v) is 3.06. The highest BCUT2D eigenvalue weighted by Gasteiger charge is 2.10. The number of hydrogen-bond donors (Lipinski definition) is 1. The highest BCUT2D eigenvalue weighted by Crippen LogP contribution is 2.28. The van der Waals surface area contributed by atoms with Crippen molar-refractivity contribution in [3.8, 4) is 11.3 Å². The van der Waals surface area contributed by atoms with E-state index in [1.807, 2.05) is 42.5 Å². The number of nitrogens with zero attached hydrogens (tertiary/aromatic N) is 1. The summed E-state index contributed by atoms with van der Waals surface area (Å²) in [5, 5.41) is 10.5. The van der Waals surface area contributed by atoms with Gasteiger partial charge in [-0.1, -0.05) is 18.2 Å². The van der Waals surface area contributed by atoms with Gasteiger partial charge in [-0.2, -0.15) is 0 Å². The number of aromatic nitrogens is 1. The van der Waals surface area contributed by atoms with Gasteiger partial charge in [-0.15, -0.1) is 0 Å². The number of aliphatic hydroxyl groups is 1. The van der Waals surface area contributed by atoms with E-state index in [9.17, 15) is 5.11 Å². The highest BCUT2D eigenvalue weighted by atomic mass is 16.3. The van der Waals surface area contributed by atoms with Gasteiger partial charge < -0.3 is 9.52 Å². The summed E-state index contributed by atoms with van der Waals surface area (Å²) >= 11 is 0. The van der Waals surface area contributed by atoms with Crippen LogP contribution < -0.4 is 0 Å². The molecule has 1 aromatic carbocycles. The predicted octanol–water partition coefficient (Wildman–Crippen LogP) is 3.42. The zero-order chi connectivity index (χ0) is 13.2. The van der Waals surface area contributed by atoms with Gasteiger partial charge in [0.05, 0.1) is 11.6 Å². The van der Waals surface area contributed by atoms with Crippen molar-refractivity contribution in [2.24, 2.45) is 0 Å². The molecule has 1 N–H and O–H groups in total. The molecule has 3 nitrogen and oxygen atoms in total. The summed E-state index contributed by atoms with van der Waals surface area (Å²) in [6.07, 6.45) is 1.91. The van der Waals surface area contributed by atoms with E-state index in [1.165, 1.54) is 0 Å². The van der Waals surface area contributed by atoms with Crippen molar-refractivity contribution in [2.45, 2.75) is 19.4 Å². The Kier molecular flexibility index (Phi) is 3.05. The Morgan fingerprint density at radius 2 is 2.00 bits per heavy atom. The van der Waals surface area contributed by atoms with Crippen LogP contribution in [0.5, 0.6) is 0 Å². The lowest BCUT2D eigenvalue weighted by atomic mass is 10.1. The molecule has 0 saturated heterocycles. The van der Waals surface area contributed by atoms with Crippen LogP contribution in [0.2, 0.25) is 0 Å². The molecule has 0 aliphatic heterocycles. The molecule has 3 rings (SSSR count). The van der Waals surface area contributed by atoms with Crippen LogP contribution in [0.25, 0.3) is 22.2 Å². The first-order chi connectivity index (χ1) is 9.24. The summed E-state index contributed by atoms with van der Waals surface area (Å²) in [5.74, 6) is 1.58. The number of aliphatic hydroxyl groups excluding tert-OH is 1. The fraction of sp³-hybridized carbons (Fsp3) is 0.188. The van der Waals surface area contributed by atoms with E-state index in [0.29, 0.717) is 6.42 Å². The van der Waals surface area contributed by atoms with E-state index in [4.69, 9.17) is 4.42 Å². The zero-order valence-corrected chi connectivity index (χ0v) is 10.7. The Morgan fingerprint density at radius 1 is 1.16 bits per heavy atom. The van der Waals surface area contributed by atoms with Crippen molar-refractivity contribution < 1.29 is 9.52 Å². The average molecular weight is 253 g/mol. The third kappa shape index (κ3) is 2.37. The number of furan rings is 1. The molecule has 1 unspecified atom stereocenters. The van der Waals surface area contributed by atoms with Crippen LogP contribution in [-0.4, -0.2) is 16.2 Å². The second-order valence-electron chi connectivity index (χ2n) is 4.70. The maximum Gasteiger partial charge on any atom is 0.136 e. The molecule has 2 heterocycles. The molecule has 0 aliphatic rings. The molecule has 0 spiro atoms. The number of para-hydroxylation sites is 1. The molecule has 3 heteroatoms. The first-order valence-corrected chi connectivity index (χ1v) is 6.35. The molecule has 1 atom stereocenters. The Hall–Kier alpha value is -2.13. The monoisotopic (exact) mass is 253 g/mol. The minimum absolute atomic E-state index is 0.398. The normalized spacial score (nSPS) is 12.7. The fourth-order valence-corrected chi connectivity index (χ4v) is 2.23. The summed E-state index contributed by atoms with van der Waals surface area (Å²) in [6, 6.07) is 13.8. The van der Waals surface area contributed by atoms with Crippen molar-refractivity contribution in [3.05, 3.63) is 54.4 Å². The van der Waals surface area contributed by atoms with E-state index in [1.54, 1.807) is 13.1 Å². The highest BCUT2D eigenvalue weighted by molar-refractivity contribution is 5.92. The number of benzene rings is 1. The number of fused-ring (bicyclic) bond motifs is 1. The lowest BCUT2D eigenvalue weighted by Crippen LogP contribution is -2.02. The van der Waals surface area contributed by atoms with Crippen LogP contribution in [0.1, 0.15) is 12.7 Å². The Morgan fingerprint density at radius 3 is 2.84 bits per heavy atom. The van der Waals surface area contributed by atoms with Crippen molar-refractivity contribution in [1.82, 2.24) is 4.98 Å². The molecule has 0 aliphatic carbocycles. The van der Waals surface area contributed by atoms with E-state index in [-0.39, 0.29) is 0 Å². The minimum Gasteiger partial charge on any atom is -0.461 e. The van der Waals surface area contributed by atoms with Gasteiger partial charge in [-0.05, 0) is 31.2 Å². The number of rotatable bonds is 3. The number of pyridine rings is 1. The van der Waals surface area contributed by atoms with Gasteiger partial charge in [0.25, 0.3) is 0 Å². The summed E-state index contributed by atoms with van der Waals surface area (Å²) in [4.78, 5) is 4.42. The largest absolute Gasteiger partial charge is 0.461 e. The van der Waals surface area contributed by atoms with Crippen LogP contribution in [0.3, 0.4) is 0 Å². The molecule has 0 bridgehead atoms. The summed E-state index contributed by atoms with van der Waals surface area (Å²) < 4.78 is 5.79. The second-order valence-corrected chi connectivity index (χ2v) is 4.70. The van der Waals surface area contributed by atoms with Gasteiger partial charge in [0, 0.05) is 23.6 Å². The predicted molar refractivity (Wildman–Crippen MR) is 74.8 cm³/mol. The molecule has 0 radical (unpaired) electrons.